The average molecular weight is 346 g/mol. The number of aryl methyl sites for hydroxylation is 2. The third-order valence-corrected chi connectivity index (χ3v) is 4.43. The number of pyridine rings is 1. The number of likely N-dealkylation sites (tertiary alicyclic amines) is 1. The third kappa shape index (κ3) is 3.34. The molecule has 0 bridgehead atoms. The molecule has 25 heavy (non-hydrogen) atoms. The van der Waals surface area contributed by atoms with Crippen molar-refractivity contribution in [1.29, 1.82) is 0 Å². The highest BCUT2D eigenvalue weighted by molar-refractivity contribution is 6.06. The molecule has 3 heterocycles. The van der Waals surface area contributed by atoms with E-state index in [1.807, 2.05) is 18.9 Å². The molecule has 2 aromatic heterocycles. The maximum absolute atomic E-state index is 12.9. The fraction of sp³-hybridized carbons (Fsp3) is 0.529. The smallest absolute Gasteiger partial charge is 0.320 e. The van der Waals surface area contributed by atoms with Crippen LogP contribution in [0.2, 0.25) is 0 Å². The molecule has 0 aliphatic carbocycles. The van der Waals surface area contributed by atoms with Gasteiger partial charge in [-0.05, 0) is 33.9 Å². The lowest BCUT2D eigenvalue weighted by Gasteiger charge is -2.43. The topological polar surface area (TPSA) is 88.8 Å². The molecule has 1 amide bonds. The van der Waals surface area contributed by atoms with E-state index < -0.39 is 0 Å². The first kappa shape index (κ1) is 17.3. The van der Waals surface area contributed by atoms with Gasteiger partial charge in [0.2, 0.25) is 0 Å². The molecular formula is C17H22N4O4. The van der Waals surface area contributed by atoms with Crippen LogP contribution < -0.4 is 0 Å². The van der Waals surface area contributed by atoms with Gasteiger partial charge in [0.1, 0.15) is 0 Å². The molecule has 0 unspecified atom stereocenters. The summed E-state index contributed by atoms with van der Waals surface area (Å²) in [6, 6.07) is 1.92. The normalized spacial score (nSPS) is 14.8. The van der Waals surface area contributed by atoms with E-state index in [2.05, 4.69) is 10.1 Å². The molecule has 134 valence electrons. The van der Waals surface area contributed by atoms with Crippen LogP contribution in [0, 0.1) is 13.8 Å². The van der Waals surface area contributed by atoms with E-state index in [1.165, 1.54) is 0 Å². The molecule has 1 aliphatic rings. The number of carbonyl (C=O) groups is 2. The van der Waals surface area contributed by atoms with Crippen LogP contribution in [0.4, 0.5) is 0 Å². The predicted molar refractivity (Wildman–Crippen MR) is 90.2 cm³/mol. The molecule has 8 nitrogen and oxygen atoms in total. The van der Waals surface area contributed by atoms with Gasteiger partial charge in [-0.3, -0.25) is 14.5 Å². The second-order valence-electron chi connectivity index (χ2n) is 6.34. The molecule has 3 rings (SSSR count). The summed E-state index contributed by atoms with van der Waals surface area (Å²) in [5.74, 6) is -0.316. The minimum absolute atomic E-state index is 0.0671. The molecule has 0 atom stereocenters. The summed E-state index contributed by atoms with van der Waals surface area (Å²) in [4.78, 5) is 32.4. The van der Waals surface area contributed by atoms with E-state index in [-0.39, 0.29) is 24.5 Å². The Labute approximate surface area is 145 Å². The molecule has 0 spiro atoms. The number of ether oxygens (including phenoxy) is 1. The van der Waals surface area contributed by atoms with E-state index in [9.17, 15) is 9.59 Å². The summed E-state index contributed by atoms with van der Waals surface area (Å²) in [5.41, 5.74) is 2.32. The van der Waals surface area contributed by atoms with Crippen molar-refractivity contribution in [2.24, 2.45) is 0 Å². The third-order valence-electron chi connectivity index (χ3n) is 4.43. The highest BCUT2D eigenvalue weighted by Crippen LogP contribution is 2.25. The number of esters is 1. The molecular weight excluding hydrogens is 324 g/mol. The SMILES string of the molecule is CCOC(=O)CN(C)C1CN(C(=O)c2cc(C)nc3onc(C)c23)C1. The lowest BCUT2D eigenvalue weighted by molar-refractivity contribution is -0.145. The Hall–Kier alpha value is -2.48. The van der Waals surface area contributed by atoms with E-state index in [0.717, 1.165) is 0 Å². The fourth-order valence-corrected chi connectivity index (χ4v) is 3.00. The van der Waals surface area contributed by atoms with Crippen LogP contribution >= 0.6 is 0 Å². The molecule has 0 aromatic carbocycles. The molecule has 1 aliphatic heterocycles. The first-order valence-electron chi connectivity index (χ1n) is 8.29. The van der Waals surface area contributed by atoms with Crippen LogP contribution in [-0.2, 0) is 9.53 Å². The van der Waals surface area contributed by atoms with Crippen LogP contribution in [0.5, 0.6) is 0 Å². The van der Waals surface area contributed by atoms with Crippen LogP contribution in [0.3, 0.4) is 0 Å². The van der Waals surface area contributed by atoms with Gasteiger partial charge in [-0.25, -0.2) is 4.98 Å². The minimum atomic E-state index is -0.249. The fourth-order valence-electron chi connectivity index (χ4n) is 3.00. The van der Waals surface area contributed by atoms with Crippen molar-refractivity contribution < 1.29 is 18.8 Å². The van der Waals surface area contributed by atoms with Gasteiger partial charge in [0.05, 0.1) is 29.8 Å². The largest absolute Gasteiger partial charge is 0.465 e. The van der Waals surface area contributed by atoms with Gasteiger partial charge in [0, 0.05) is 24.8 Å². The zero-order chi connectivity index (χ0) is 18.1. The van der Waals surface area contributed by atoms with Gasteiger partial charge < -0.3 is 14.2 Å². The maximum atomic E-state index is 12.9. The number of likely N-dealkylation sites (N-methyl/N-ethyl adjacent to an activating group) is 1. The first-order chi connectivity index (χ1) is 11.9. The Morgan fingerprint density at radius 3 is 2.80 bits per heavy atom. The first-order valence-corrected chi connectivity index (χ1v) is 8.29. The van der Waals surface area contributed by atoms with Crippen molar-refractivity contribution >= 4 is 23.0 Å². The molecule has 2 aromatic rings. The number of nitrogens with zero attached hydrogens (tertiary/aromatic N) is 4. The Balaban J connectivity index is 1.68. The van der Waals surface area contributed by atoms with Crippen molar-refractivity contribution in [3.63, 3.8) is 0 Å². The van der Waals surface area contributed by atoms with Crippen molar-refractivity contribution in [3.8, 4) is 0 Å². The van der Waals surface area contributed by atoms with Gasteiger partial charge in [-0.2, -0.15) is 0 Å². The minimum Gasteiger partial charge on any atom is -0.465 e. The molecule has 0 N–H and O–H groups in total. The predicted octanol–water partition coefficient (Wildman–Crippen LogP) is 1.16. The maximum Gasteiger partial charge on any atom is 0.320 e. The molecule has 8 heteroatoms. The lowest BCUT2D eigenvalue weighted by atomic mass is 10.0. The van der Waals surface area contributed by atoms with Crippen LogP contribution in [-0.4, -0.2) is 71.1 Å². The highest BCUT2D eigenvalue weighted by atomic mass is 16.5. The average Bonchev–Trinajstić information content (AvgIpc) is 2.86. The summed E-state index contributed by atoms with van der Waals surface area (Å²) in [5, 5.41) is 4.57. The van der Waals surface area contributed by atoms with E-state index in [4.69, 9.17) is 9.26 Å². The van der Waals surface area contributed by atoms with Gasteiger partial charge in [0.15, 0.2) is 0 Å². The summed E-state index contributed by atoms with van der Waals surface area (Å²) in [7, 11) is 1.86. The van der Waals surface area contributed by atoms with Crippen molar-refractivity contribution in [1.82, 2.24) is 19.9 Å². The van der Waals surface area contributed by atoms with Crippen LogP contribution in [0.25, 0.3) is 11.1 Å². The van der Waals surface area contributed by atoms with Gasteiger partial charge in [0.25, 0.3) is 11.6 Å². The number of hydrogen-bond acceptors (Lipinski definition) is 7. The monoisotopic (exact) mass is 346 g/mol. The zero-order valence-electron chi connectivity index (χ0n) is 14.9. The number of aromatic nitrogens is 2. The van der Waals surface area contributed by atoms with E-state index in [0.29, 0.717) is 47.7 Å². The van der Waals surface area contributed by atoms with Gasteiger partial charge in [-0.1, -0.05) is 5.16 Å². The number of carbonyl (C=O) groups excluding carboxylic acids is 2. The molecule has 0 radical (unpaired) electrons. The van der Waals surface area contributed by atoms with E-state index in [1.54, 1.807) is 24.8 Å². The van der Waals surface area contributed by atoms with Crippen LogP contribution in [0.1, 0.15) is 28.7 Å². The summed E-state index contributed by atoms with van der Waals surface area (Å²) >= 11 is 0. The number of amides is 1. The van der Waals surface area contributed by atoms with Gasteiger partial charge in [-0.15, -0.1) is 0 Å². The van der Waals surface area contributed by atoms with Gasteiger partial charge >= 0.3 is 5.97 Å². The number of hydrogen-bond donors (Lipinski definition) is 0. The van der Waals surface area contributed by atoms with Crippen molar-refractivity contribution in [2.45, 2.75) is 26.8 Å². The Morgan fingerprint density at radius 1 is 1.40 bits per heavy atom. The number of rotatable bonds is 5. The summed E-state index contributed by atoms with van der Waals surface area (Å²) in [6.45, 7) is 7.14. The second kappa shape index (κ2) is 6.79. The molecule has 0 saturated carbocycles. The van der Waals surface area contributed by atoms with Crippen LogP contribution in [0.15, 0.2) is 10.6 Å². The zero-order valence-corrected chi connectivity index (χ0v) is 14.9. The Kier molecular flexibility index (Phi) is 4.71. The summed E-state index contributed by atoms with van der Waals surface area (Å²) < 4.78 is 10.1. The standard InChI is InChI=1S/C17H22N4O4/c1-5-24-14(22)9-20(4)12-7-21(8-12)17(23)13-6-10(2)18-16-15(13)11(3)19-25-16/h6,12H,5,7-9H2,1-4H3. The molecule has 1 fully saturated rings. The summed E-state index contributed by atoms with van der Waals surface area (Å²) in [6.07, 6.45) is 0. The quantitative estimate of drug-likeness (QED) is 0.751. The second-order valence-corrected chi connectivity index (χ2v) is 6.34. The highest BCUT2D eigenvalue weighted by Gasteiger charge is 2.35. The van der Waals surface area contributed by atoms with Crippen molar-refractivity contribution in [2.75, 3.05) is 33.3 Å². The van der Waals surface area contributed by atoms with E-state index >= 15 is 0 Å². The Morgan fingerprint density at radius 2 is 2.12 bits per heavy atom. The Bertz CT molecular complexity index is 810. The van der Waals surface area contributed by atoms with Crippen molar-refractivity contribution in [3.05, 3.63) is 23.0 Å². The number of fused-ring (bicyclic) bond motifs is 1. The lowest BCUT2D eigenvalue weighted by Crippen LogP contribution is -2.60. The molecule has 1 saturated heterocycles.